The number of carbonyl (C=O) groups is 1. The van der Waals surface area contributed by atoms with Crippen LogP contribution in [0.15, 0.2) is 48.5 Å². The van der Waals surface area contributed by atoms with Crippen LogP contribution >= 0.6 is 0 Å². The Bertz CT molecular complexity index is 1200. The molecular formula is C31H38N4O2. The highest BCUT2D eigenvalue weighted by Gasteiger charge is 2.67. The van der Waals surface area contributed by atoms with E-state index >= 15 is 0 Å². The van der Waals surface area contributed by atoms with Gasteiger partial charge < -0.3 is 10.1 Å². The van der Waals surface area contributed by atoms with E-state index in [1.165, 1.54) is 35.1 Å². The number of fused-ring (bicyclic) bond motifs is 3. The third kappa shape index (κ3) is 4.24. The number of nitrogens with zero attached hydrogens (tertiary/aromatic N) is 1. The van der Waals surface area contributed by atoms with E-state index in [1.807, 2.05) is 0 Å². The molecule has 0 aromatic heterocycles. The molecule has 2 aliphatic carbocycles. The largest absolute Gasteiger partial charge is 0.379 e. The Morgan fingerprint density at radius 2 is 1.92 bits per heavy atom. The summed E-state index contributed by atoms with van der Waals surface area (Å²) in [5, 5.41) is 3.17. The Morgan fingerprint density at radius 1 is 1.08 bits per heavy atom. The summed E-state index contributed by atoms with van der Waals surface area (Å²) in [6.45, 7) is 6.86. The molecule has 37 heavy (non-hydrogen) atoms. The molecule has 3 aliphatic heterocycles. The van der Waals surface area contributed by atoms with Crippen molar-refractivity contribution in [3.63, 3.8) is 0 Å². The Labute approximate surface area is 219 Å². The molecule has 5 aliphatic rings. The van der Waals surface area contributed by atoms with Crippen LogP contribution in [0.2, 0.25) is 0 Å². The van der Waals surface area contributed by atoms with Crippen LogP contribution in [0.1, 0.15) is 47.9 Å². The molecule has 0 radical (unpaired) electrons. The van der Waals surface area contributed by atoms with Gasteiger partial charge in [0.25, 0.3) is 0 Å². The van der Waals surface area contributed by atoms with Gasteiger partial charge in [0.1, 0.15) is 0 Å². The number of benzene rings is 2. The maximum atomic E-state index is 13.0. The van der Waals surface area contributed by atoms with Gasteiger partial charge in [0.15, 0.2) is 0 Å². The summed E-state index contributed by atoms with van der Waals surface area (Å²) in [7, 11) is 0. The number of nitrogens with one attached hydrogen (secondary N) is 3. The lowest BCUT2D eigenvalue weighted by molar-refractivity contribution is -0.118. The van der Waals surface area contributed by atoms with Gasteiger partial charge in [0.05, 0.1) is 18.6 Å². The minimum atomic E-state index is -0.266. The third-order valence-corrected chi connectivity index (χ3v) is 9.72. The lowest BCUT2D eigenvalue weighted by Crippen LogP contribution is -2.37. The number of aryl methyl sites for hydroxylation is 1. The zero-order valence-corrected chi connectivity index (χ0v) is 21.7. The van der Waals surface area contributed by atoms with Gasteiger partial charge in [-0.05, 0) is 73.1 Å². The van der Waals surface area contributed by atoms with Crippen LogP contribution in [0.25, 0.3) is 6.08 Å². The first kappa shape index (κ1) is 23.6. The van der Waals surface area contributed by atoms with Crippen LogP contribution in [-0.4, -0.2) is 49.2 Å². The minimum absolute atomic E-state index is 0.231. The first-order chi connectivity index (χ1) is 18.1. The smallest absolute Gasteiger partial charge is 0.235 e. The summed E-state index contributed by atoms with van der Waals surface area (Å²) in [5.74, 6) is 1.92. The van der Waals surface area contributed by atoms with Crippen LogP contribution in [-0.2, 0) is 21.5 Å². The van der Waals surface area contributed by atoms with E-state index in [9.17, 15) is 4.79 Å². The summed E-state index contributed by atoms with van der Waals surface area (Å²) in [5.41, 5.74) is 13.1. The van der Waals surface area contributed by atoms with E-state index in [0.717, 1.165) is 51.4 Å². The molecule has 7 rings (SSSR count). The van der Waals surface area contributed by atoms with Gasteiger partial charge in [0.2, 0.25) is 5.91 Å². The quantitative estimate of drug-likeness (QED) is 0.581. The molecule has 2 saturated carbocycles. The molecule has 4 fully saturated rings. The second-order valence-electron chi connectivity index (χ2n) is 11.9. The van der Waals surface area contributed by atoms with Crippen molar-refractivity contribution in [2.75, 3.05) is 31.6 Å². The molecule has 0 bridgehead atoms. The number of ether oxygens (including phenoxy) is 1. The van der Waals surface area contributed by atoms with Crippen molar-refractivity contribution in [3.8, 4) is 0 Å². The van der Waals surface area contributed by atoms with Gasteiger partial charge in [-0.1, -0.05) is 54.1 Å². The number of carbonyl (C=O) groups excluding carboxylic acids is 1. The van der Waals surface area contributed by atoms with E-state index < -0.39 is 0 Å². The number of morpholine rings is 1. The Balaban J connectivity index is 0.964. The zero-order chi connectivity index (χ0) is 25.0. The monoisotopic (exact) mass is 498 g/mol. The lowest BCUT2D eigenvalue weighted by atomic mass is 9.73. The second-order valence-corrected chi connectivity index (χ2v) is 11.9. The first-order valence-electron chi connectivity index (χ1n) is 14.1. The SMILES string of the molecule is Cc1ccc2c(c1)[C@]1(CC1C1CCC3C(/C=C/c4ccc(CN5CCOCC5)cc4)NNC3C1)C(=O)N2. The fourth-order valence-electron chi connectivity index (χ4n) is 7.58. The van der Waals surface area contributed by atoms with Crippen LogP contribution < -0.4 is 16.2 Å². The molecule has 2 aromatic rings. The van der Waals surface area contributed by atoms with Crippen molar-refractivity contribution in [3.05, 3.63) is 70.8 Å². The molecule has 6 heteroatoms. The standard InChI is InChI=1S/C31H38N4O2/c1-20-2-10-28-25(16-20)31(30(36)32-28)18-26(31)23-8-9-24-27(33-34-29(24)17-23)11-7-21-3-5-22(6-4-21)19-35-12-14-37-15-13-35/h2-7,10-11,16,23-24,26-27,29,33-34H,8-9,12-15,17-19H2,1H3,(H,32,36)/b11-7+/t23?,24?,26?,27?,29?,31-/m0/s1. The van der Waals surface area contributed by atoms with E-state index in [0.29, 0.717) is 29.8 Å². The first-order valence-corrected chi connectivity index (χ1v) is 14.1. The maximum absolute atomic E-state index is 13.0. The van der Waals surface area contributed by atoms with Crippen LogP contribution in [0.5, 0.6) is 0 Å². The molecule has 6 atom stereocenters. The molecular weight excluding hydrogens is 460 g/mol. The summed E-state index contributed by atoms with van der Waals surface area (Å²) in [6.07, 6.45) is 9.19. The molecule has 1 spiro atoms. The van der Waals surface area contributed by atoms with Gasteiger partial charge in [-0.15, -0.1) is 0 Å². The highest BCUT2D eigenvalue weighted by atomic mass is 16.5. The number of hydrogen-bond acceptors (Lipinski definition) is 5. The van der Waals surface area contributed by atoms with Crippen molar-refractivity contribution >= 4 is 17.7 Å². The number of amides is 1. The fourth-order valence-corrected chi connectivity index (χ4v) is 7.58. The van der Waals surface area contributed by atoms with Gasteiger partial charge >= 0.3 is 0 Å². The summed E-state index contributed by atoms with van der Waals surface area (Å²) in [6, 6.07) is 16.2. The molecule has 3 heterocycles. The Morgan fingerprint density at radius 3 is 2.76 bits per heavy atom. The van der Waals surface area contributed by atoms with Crippen molar-refractivity contribution in [1.82, 2.24) is 15.8 Å². The average molecular weight is 499 g/mol. The van der Waals surface area contributed by atoms with Crippen molar-refractivity contribution in [2.45, 2.75) is 56.7 Å². The van der Waals surface area contributed by atoms with E-state index in [-0.39, 0.29) is 11.3 Å². The molecule has 3 N–H and O–H groups in total. The molecule has 1 amide bonds. The summed E-state index contributed by atoms with van der Waals surface area (Å²) >= 11 is 0. The molecule has 2 aromatic carbocycles. The van der Waals surface area contributed by atoms with Gasteiger partial charge in [0, 0.05) is 37.4 Å². The lowest BCUT2D eigenvalue weighted by Gasteiger charge is -2.33. The number of rotatable bonds is 5. The van der Waals surface area contributed by atoms with Crippen LogP contribution in [0.3, 0.4) is 0 Å². The predicted molar refractivity (Wildman–Crippen MR) is 146 cm³/mol. The van der Waals surface area contributed by atoms with E-state index in [1.54, 1.807) is 0 Å². The highest BCUT2D eigenvalue weighted by Crippen LogP contribution is 2.65. The Hall–Kier alpha value is -2.51. The van der Waals surface area contributed by atoms with Crippen molar-refractivity contribution in [1.29, 1.82) is 0 Å². The third-order valence-electron chi connectivity index (χ3n) is 9.72. The Kier molecular flexibility index (Phi) is 5.96. The predicted octanol–water partition coefficient (Wildman–Crippen LogP) is 4.01. The highest BCUT2D eigenvalue weighted by molar-refractivity contribution is 6.09. The normalized spacial score (nSPS) is 35.1. The molecule has 5 unspecified atom stereocenters. The van der Waals surface area contributed by atoms with Gasteiger partial charge in [-0.25, -0.2) is 0 Å². The summed E-state index contributed by atoms with van der Waals surface area (Å²) < 4.78 is 5.46. The zero-order valence-electron chi connectivity index (χ0n) is 21.7. The number of anilines is 1. The van der Waals surface area contributed by atoms with Crippen molar-refractivity contribution in [2.24, 2.45) is 17.8 Å². The van der Waals surface area contributed by atoms with Crippen LogP contribution in [0.4, 0.5) is 5.69 Å². The topological polar surface area (TPSA) is 65.6 Å². The molecule has 6 nitrogen and oxygen atoms in total. The summed E-state index contributed by atoms with van der Waals surface area (Å²) in [4.78, 5) is 15.5. The maximum Gasteiger partial charge on any atom is 0.235 e. The van der Waals surface area contributed by atoms with Gasteiger partial charge in [-0.3, -0.25) is 20.5 Å². The number of hydrogen-bond donors (Lipinski definition) is 3. The fraction of sp³-hybridized carbons (Fsp3) is 0.516. The molecule has 2 saturated heterocycles. The van der Waals surface area contributed by atoms with E-state index in [2.05, 4.69) is 82.6 Å². The van der Waals surface area contributed by atoms with Gasteiger partial charge in [-0.2, -0.15) is 0 Å². The minimum Gasteiger partial charge on any atom is -0.379 e. The number of hydrazine groups is 1. The average Bonchev–Trinajstić information content (AvgIpc) is 3.47. The van der Waals surface area contributed by atoms with E-state index in [4.69, 9.17) is 4.74 Å². The second kappa shape index (κ2) is 9.35. The van der Waals surface area contributed by atoms with Crippen LogP contribution in [0, 0.1) is 24.7 Å². The van der Waals surface area contributed by atoms with Crippen molar-refractivity contribution < 1.29 is 9.53 Å². The molecule has 194 valence electrons.